The van der Waals surface area contributed by atoms with E-state index in [2.05, 4.69) is 10.7 Å². The molecule has 2 N–H and O–H groups in total. The van der Waals surface area contributed by atoms with Gasteiger partial charge in [0.05, 0.1) is 19.0 Å². The number of amides is 4. The summed E-state index contributed by atoms with van der Waals surface area (Å²) in [7, 11) is 1.65. The Hall–Kier alpha value is -3.60. The first-order valence-electron chi connectivity index (χ1n) is 12.4. The van der Waals surface area contributed by atoms with Gasteiger partial charge in [0.15, 0.2) is 0 Å². The molecule has 1 aromatic rings. The van der Waals surface area contributed by atoms with E-state index in [0.717, 1.165) is 33.5 Å². The smallest absolute Gasteiger partial charge is 0.310 e. The number of likely N-dealkylation sites (N-methyl/N-ethyl adjacent to an activating group) is 1. The third kappa shape index (κ3) is 7.94. The molecule has 202 valence electrons. The Labute approximate surface area is 217 Å². The standard InChI is InChI=1S/C20H26N4O4.C6H11NO2/c1-13-9-14(2)17(15(3)10-13)11-18(26)21-22-8-6-19(27)23-7-4-5-16(12-25)24(23)20(22)28;1-5(9)3-6(4-8)7-2/h9-10,12,16H,4-8,11H2,1-3H3,(H,21,26);4,6-7H,3H2,1-2H3/t16-;6-/m00/s1. The van der Waals surface area contributed by atoms with Crippen LogP contribution in [0.25, 0.3) is 0 Å². The molecule has 2 aliphatic heterocycles. The normalized spacial score (nSPS) is 18.2. The Balaban J connectivity index is 0.000000458. The Kier molecular flexibility index (Phi) is 10.9. The molecule has 0 radical (unpaired) electrons. The molecule has 0 aliphatic carbocycles. The van der Waals surface area contributed by atoms with E-state index >= 15 is 0 Å². The van der Waals surface area contributed by atoms with Crippen LogP contribution in [0.3, 0.4) is 0 Å². The zero-order valence-electron chi connectivity index (χ0n) is 22.2. The molecule has 0 aromatic heterocycles. The molecule has 2 heterocycles. The quantitative estimate of drug-likeness (QED) is 0.496. The Morgan fingerprint density at radius 2 is 1.76 bits per heavy atom. The number of nitrogens with one attached hydrogen (secondary N) is 2. The molecule has 2 aliphatic rings. The number of ketones is 1. The lowest BCUT2D eigenvalue weighted by Gasteiger charge is -2.41. The molecule has 11 nitrogen and oxygen atoms in total. The number of hydrazine groups is 2. The van der Waals surface area contributed by atoms with Crippen LogP contribution in [0.4, 0.5) is 4.79 Å². The highest BCUT2D eigenvalue weighted by molar-refractivity contribution is 5.88. The molecule has 3 rings (SSSR count). The second-order valence-electron chi connectivity index (χ2n) is 9.42. The predicted octanol–water partition coefficient (Wildman–Crippen LogP) is 1.17. The Bertz CT molecular complexity index is 1020. The van der Waals surface area contributed by atoms with Gasteiger partial charge in [-0.1, -0.05) is 17.7 Å². The van der Waals surface area contributed by atoms with Crippen LogP contribution in [0.15, 0.2) is 12.1 Å². The maximum Gasteiger partial charge on any atom is 0.358 e. The van der Waals surface area contributed by atoms with Gasteiger partial charge in [0.25, 0.3) is 0 Å². The Morgan fingerprint density at radius 3 is 2.27 bits per heavy atom. The lowest BCUT2D eigenvalue weighted by atomic mass is 9.97. The second kappa shape index (κ2) is 13.6. The SMILES string of the molecule is CN[C@H](C=O)CC(C)=O.Cc1cc(C)c(CC(=O)NN2CCC(=O)N3CCC[C@@H](C=O)N3C2=O)c(C)c1. The summed E-state index contributed by atoms with van der Waals surface area (Å²) >= 11 is 0. The van der Waals surface area contributed by atoms with Crippen molar-refractivity contribution in [3.63, 3.8) is 0 Å². The van der Waals surface area contributed by atoms with E-state index in [4.69, 9.17) is 0 Å². The lowest BCUT2D eigenvalue weighted by Crippen LogP contribution is -2.61. The third-order valence-electron chi connectivity index (χ3n) is 6.34. The highest BCUT2D eigenvalue weighted by atomic mass is 16.2. The molecule has 0 spiro atoms. The topological polar surface area (TPSA) is 136 Å². The van der Waals surface area contributed by atoms with Crippen LogP contribution in [0, 0.1) is 20.8 Å². The maximum atomic E-state index is 12.9. The van der Waals surface area contributed by atoms with Gasteiger partial charge in [-0.05, 0) is 64.3 Å². The molecule has 0 unspecified atom stereocenters. The molecule has 0 saturated carbocycles. The first-order valence-corrected chi connectivity index (χ1v) is 12.4. The first-order chi connectivity index (χ1) is 17.5. The van der Waals surface area contributed by atoms with Crippen molar-refractivity contribution in [1.29, 1.82) is 0 Å². The average molecular weight is 516 g/mol. The van der Waals surface area contributed by atoms with Gasteiger partial charge < -0.3 is 14.9 Å². The largest absolute Gasteiger partial charge is 0.358 e. The zero-order chi connectivity index (χ0) is 27.7. The summed E-state index contributed by atoms with van der Waals surface area (Å²) in [5.41, 5.74) is 6.73. The molecular formula is C26H37N5O6. The summed E-state index contributed by atoms with van der Waals surface area (Å²) in [6.07, 6.45) is 3.11. The van der Waals surface area contributed by atoms with Crippen LogP contribution in [-0.2, 0) is 30.4 Å². The van der Waals surface area contributed by atoms with Crippen molar-refractivity contribution in [3.8, 4) is 0 Å². The molecule has 2 atom stereocenters. The summed E-state index contributed by atoms with van der Waals surface area (Å²) in [5.74, 6) is -0.521. The summed E-state index contributed by atoms with van der Waals surface area (Å²) in [6.45, 7) is 7.86. The number of rotatable bonds is 8. The third-order valence-corrected chi connectivity index (χ3v) is 6.34. The van der Waals surface area contributed by atoms with Crippen molar-refractivity contribution < 1.29 is 28.8 Å². The van der Waals surface area contributed by atoms with Crippen LogP contribution >= 0.6 is 0 Å². The lowest BCUT2D eigenvalue weighted by molar-refractivity contribution is -0.151. The minimum atomic E-state index is -0.690. The summed E-state index contributed by atoms with van der Waals surface area (Å²) in [6, 6.07) is 2.50. The van der Waals surface area contributed by atoms with E-state index in [-0.39, 0.29) is 43.0 Å². The molecular weight excluding hydrogens is 478 g/mol. The predicted molar refractivity (Wildman–Crippen MR) is 136 cm³/mol. The van der Waals surface area contributed by atoms with Crippen LogP contribution in [0.1, 0.15) is 54.9 Å². The monoisotopic (exact) mass is 515 g/mol. The van der Waals surface area contributed by atoms with Gasteiger partial charge in [-0.2, -0.15) is 0 Å². The van der Waals surface area contributed by atoms with Gasteiger partial charge in [0, 0.05) is 19.4 Å². The van der Waals surface area contributed by atoms with E-state index in [0.29, 0.717) is 32.1 Å². The fraction of sp³-hybridized carbons (Fsp3) is 0.538. The second-order valence-corrected chi connectivity index (χ2v) is 9.42. The number of aldehydes is 2. The van der Waals surface area contributed by atoms with Crippen molar-refractivity contribution in [3.05, 3.63) is 34.4 Å². The van der Waals surface area contributed by atoms with Crippen LogP contribution in [0.5, 0.6) is 0 Å². The highest BCUT2D eigenvalue weighted by Crippen LogP contribution is 2.22. The molecule has 11 heteroatoms. The van der Waals surface area contributed by atoms with Crippen molar-refractivity contribution >= 4 is 36.2 Å². The van der Waals surface area contributed by atoms with Gasteiger partial charge in [-0.25, -0.2) is 19.8 Å². The summed E-state index contributed by atoms with van der Waals surface area (Å²) in [4.78, 5) is 69.8. The fourth-order valence-corrected chi connectivity index (χ4v) is 4.50. The average Bonchev–Trinajstić information content (AvgIpc) is 2.97. The van der Waals surface area contributed by atoms with E-state index in [9.17, 15) is 28.8 Å². The Morgan fingerprint density at radius 1 is 1.11 bits per heavy atom. The molecule has 37 heavy (non-hydrogen) atoms. The van der Waals surface area contributed by atoms with Gasteiger partial charge in [-0.3, -0.25) is 19.8 Å². The number of hydrogen-bond acceptors (Lipinski definition) is 7. The van der Waals surface area contributed by atoms with E-state index in [1.807, 2.05) is 32.9 Å². The van der Waals surface area contributed by atoms with E-state index in [1.54, 1.807) is 7.05 Å². The van der Waals surface area contributed by atoms with E-state index in [1.165, 1.54) is 16.9 Å². The zero-order valence-corrected chi connectivity index (χ0v) is 22.2. The number of carbonyl (C=O) groups excluding carboxylic acids is 6. The van der Waals surface area contributed by atoms with Crippen LogP contribution in [-0.4, -0.2) is 83.4 Å². The summed E-state index contributed by atoms with van der Waals surface area (Å²) < 4.78 is 0. The first kappa shape index (κ1) is 29.6. The maximum absolute atomic E-state index is 12.9. The van der Waals surface area contributed by atoms with Crippen molar-refractivity contribution in [2.24, 2.45) is 0 Å². The molecule has 2 saturated heterocycles. The van der Waals surface area contributed by atoms with Crippen LogP contribution in [0.2, 0.25) is 0 Å². The number of carbonyl (C=O) groups is 6. The van der Waals surface area contributed by atoms with Gasteiger partial charge >= 0.3 is 6.03 Å². The van der Waals surface area contributed by atoms with Crippen molar-refractivity contribution in [2.75, 3.05) is 20.1 Å². The van der Waals surface area contributed by atoms with Crippen molar-refractivity contribution in [2.45, 2.75) is 71.9 Å². The molecule has 1 aromatic carbocycles. The summed E-state index contributed by atoms with van der Waals surface area (Å²) in [5, 5.41) is 6.38. The van der Waals surface area contributed by atoms with Crippen molar-refractivity contribution in [1.82, 2.24) is 25.8 Å². The van der Waals surface area contributed by atoms with Gasteiger partial charge in [0.2, 0.25) is 11.8 Å². The number of benzene rings is 1. The van der Waals surface area contributed by atoms with Gasteiger partial charge in [0.1, 0.15) is 24.4 Å². The minimum Gasteiger partial charge on any atom is -0.310 e. The molecule has 2 fully saturated rings. The number of Topliss-reactive ketones (excluding diaryl/α,β-unsaturated/α-hetero) is 1. The number of fused-ring (bicyclic) bond motifs is 1. The molecule has 0 bridgehead atoms. The number of nitrogens with zero attached hydrogens (tertiary/aromatic N) is 3. The minimum absolute atomic E-state index is 0.0291. The molecule has 4 amide bonds. The van der Waals surface area contributed by atoms with Crippen LogP contribution < -0.4 is 10.7 Å². The highest BCUT2D eigenvalue weighted by Gasteiger charge is 2.41. The van der Waals surface area contributed by atoms with Gasteiger partial charge in [-0.15, -0.1) is 0 Å². The van der Waals surface area contributed by atoms with E-state index < -0.39 is 12.1 Å². The number of hydrogen-bond donors (Lipinski definition) is 2. The number of urea groups is 1. The number of aryl methyl sites for hydroxylation is 3. The fourth-order valence-electron chi connectivity index (χ4n) is 4.50.